The number of nitrogens with zero attached hydrogens (tertiary/aromatic N) is 3. The number of benzene rings is 7. The summed E-state index contributed by atoms with van der Waals surface area (Å²) in [7, 11) is 0. The van der Waals surface area contributed by atoms with Crippen LogP contribution in [0.4, 0.5) is 0 Å². The molecule has 4 nitrogen and oxygen atoms in total. The van der Waals surface area contributed by atoms with Crippen molar-refractivity contribution in [1.82, 2.24) is 14.5 Å². The van der Waals surface area contributed by atoms with E-state index in [4.69, 9.17) is 15.5 Å². The topological polar surface area (TPSA) is 50.9 Å². The van der Waals surface area contributed by atoms with Crippen LogP contribution >= 0.6 is 0 Å². The molecule has 0 aliphatic rings. The van der Waals surface area contributed by atoms with E-state index in [1.807, 2.05) is 6.07 Å². The molecule has 0 aliphatic heterocycles. The Hall–Kier alpha value is -6.35. The fourth-order valence-corrected chi connectivity index (χ4v) is 9.31. The standard InChI is InChI=1S/C64H64N3O.Pt/c1-39(2)47-36-53(40(3)4)61(68)54(37-47)62-66-60-52(48-33-49(35-50(34-48)63(7,8)9)56-38-45(30-31-65-56)43-26-24-41(5)25-27-43)21-17-23-58(60)67(62)57-29-28-46(32-42(57)6)59-51(44-18-14-13-15-19-44)20-16-22-55(59)64(10,11)12;/h13-32,34-40,68H,1-12H3;/q-1;/i24D,25D,26D,27D;. The number of hydrogen-bond donors (Lipinski definition) is 1. The Morgan fingerprint density at radius 3 is 1.99 bits per heavy atom. The van der Waals surface area contributed by atoms with Crippen LogP contribution in [0.25, 0.3) is 83.9 Å². The maximum atomic E-state index is 12.4. The molecule has 0 fully saturated rings. The predicted octanol–water partition coefficient (Wildman–Crippen LogP) is 17.4. The predicted molar refractivity (Wildman–Crippen MR) is 287 cm³/mol. The molecule has 0 aliphatic carbocycles. The molecule has 352 valence electrons. The fourth-order valence-electron chi connectivity index (χ4n) is 9.31. The molecule has 0 atom stereocenters. The van der Waals surface area contributed by atoms with Crippen LogP contribution in [0, 0.1) is 19.9 Å². The normalized spacial score (nSPS) is 12.8. The maximum Gasteiger partial charge on any atom is 0.148 e. The Morgan fingerprint density at radius 1 is 0.623 bits per heavy atom. The summed E-state index contributed by atoms with van der Waals surface area (Å²) >= 11 is 0. The molecule has 1 N–H and O–H groups in total. The summed E-state index contributed by atoms with van der Waals surface area (Å²) in [6, 6.07) is 45.8. The second-order valence-electron chi connectivity index (χ2n) is 21.0. The number of fused-ring (bicyclic) bond motifs is 1. The molecule has 0 unspecified atom stereocenters. The smallest absolute Gasteiger partial charge is 0.148 e. The van der Waals surface area contributed by atoms with Crippen LogP contribution in [0.5, 0.6) is 5.75 Å². The number of para-hydroxylation sites is 1. The van der Waals surface area contributed by atoms with Crippen molar-refractivity contribution in [2.24, 2.45) is 0 Å². The first-order valence-electron chi connectivity index (χ1n) is 25.9. The first-order chi connectivity index (χ1) is 34.0. The average Bonchev–Trinajstić information content (AvgIpc) is 3.73. The quantitative estimate of drug-likeness (QED) is 0.147. The Balaban J connectivity index is 0.00000711. The molecular formula is C64H64N3OPt-. The summed E-state index contributed by atoms with van der Waals surface area (Å²) in [4.78, 5) is 10.4. The summed E-state index contributed by atoms with van der Waals surface area (Å²) < 4.78 is 37.0. The van der Waals surface area contributed by atoms with Crippen LogP contribution in [0.2, 0.25) is 0 Å². The second kappa shape index (κ2) is 19.2. The van der Waals surface area contributed by atoms with E-state index in [1.165, 1.54) is 16.7 Å². The van der Waals surface area contributed by atoms with Gasteiger partial charge in [0.2, 0.25) is 0 Å². The van der Waals surface area contributed by atoms with E-state index in [1.54, 1.807) is 19.2 Å². The molecular weight excluding hydrogens is 1020 g/mol. The van der Waals surface area contributed by atoms with E-state index < -0.39 is 0 Å². The van der Waals surface area contributed by atoms with Gasteiger partial charge in [0.25, 0.3) is 0 Å². The number of imidazole rings is 1. The molecule has 9 rings (SSSR count). The minimum absolute atomic E-state index is 0. The number of phenols is 1. The zero-order chi connectivity index (χ0) is 51.7. The van der Waals surface area contributed by atoms with Gasteiger partial charge in [-0.05, 0) is 122 Å². The molecule has 5 heteroatoms. The van der Waals surface area contributed by atoms with Gasteiger partial charge < -0.3 is 5.11 Å². The molecule has 0 saturated carbocycles. The van der Waals surface area contributed by atoms with Gasteiger partial charge >= 0.3 is 0 Å². The summed E-state index contributed by atoms with van der Waals surface area (Å²) in [5, 5.41) is 12.4. The van der Waals surface area contributed by atoms with E-state index in [9.17, 15) is 5.11 Å². The van der Waals surface area contributed by atoms with Crippen molar-refractivity contribution in [2.75, 3.05) is 0 Å². The molecule has 2 aromatic heterocycles. The van der Waals surface area contributed by atoms with E-state index in [2.05, 4.69) is 196 Å². The number of aryl methyl sites for hydroxylation is 1. The molecule has 0 spiro atoms. The Labute approximate surface area is 430 Å². The van der Waals surface area contributed by atoms with E-state index >= 15 is 0 Å². The molecule has 0 saturated heterocycles. The third kappa shape index (κ3) is 9.66. The Morgan fingerprint density at radius 2 is 1.32 bits per heavy atom. The van der Waals surface area contributed by atoms with Crippen LogP contribution in [0.1, 0.15) is 120 Å². The van der Waals surface area contributed by atoms with Crippen molar-refractivity contribution in [3.63, 3.8) is 0 Å². The number of aromatic nitrogens is 3. The molecule has 0 amide bonds. The molecule has 69 heavy (non-hydrogen) atoms. The molecule has 2 heterocycles. The van der Waals surface area contributed by atoms with Crippen molar-refractivity contribution >= 4 is 11.0 Å². The van der Waals surface area contributed by atoms with Crippen molar-refractivity contribution in [3.8, 4) is 78.6 Å². The molecule has 0 radical (unpaired) electrons. The second-order valence-corrected chi connectivity index (χ2v) is 21.0. The third-order valence-electron chi connectivity index (χ3n) is 13.2. The van der Waals surface area contributed by atoms with Crippen molar-refractivity contribution in [1.29, 1.82) is 0 Å². The van der Waals surface area contributed by atoms with Gasteiger partial charge in [-0.2, -0.15) is 0 Å². The number of pyridine rings is 1. The molecule has 7 aromatic carbocycles. The summed E-state index contributed by atoms with van der Waals surface area (Å²) in [5.74, 6) is 1.12. The van der Waals surface area contributed by atoms with Crippen molar-refractivity contribution in [2.45, 2.75) is 106 Å². The summed E-state index contributed by atoms with van der Waals surface area (Å²) in [6.07, 6.45) is 1.66. The molecule has 0 bridgehead atoms. The van der Waals surface area contributed by atoms with Crippen molar-refractivity contribution in [3.05, 3.63) is 191 Å². The van der Waals surface area contributed by atoms with Gasteiger partial charge in [0.15, 0.2) is 0 Å². The number of aromatic hydroxyl groups is 1. The first-order valence-corrected chi connectivity index (χ1v) is 23.9. The number of phenolic OH excluding ortho intramolecular Hbond substituents is 1. The van der Waals surface area contributed by atoms with Crippen molar-refractivity contribution < 1.29 is 31.7 Å². The van der Waals surface area contributed by atoms with Gasteiger partial charge in [0, 0.05) is 33.0 Å². The average molecular weight is 1090 g/mol. The van der Waals surface area contributed by atoms with E-state index in [0.717, 1.165) is 66.8 Å². The van der Waals surface area contributed by atoms with Crippen LogP contribution < -0.4 is 0 Å². The van der Waals surface area contributed by atoms with Crippen LogP contribution in [-0.2, 0) is 31.9 Å². The van der Waals surface area contributed by atoms with Gasteiger partial charge in [-0.3, -0.25) is 9.55 Å². The van der Waals surface area contributed by atoms with E-state index in [-0.39, 0.29) is 79.2 Å². The minimum atomic E-state index is -0.282. The zero-order valence-corrected chi connectivity index (χ0v) is 44.2. The monoisotopic (exact) mass is 1090 g/mol. The maximum absolute atomic E-state index is 12.4. The van der Waals surface area contributed by atoms with Gasteiger partial charge in [-0.15, -0.1) is 29.3 Å². The van der Waals surface area contributed by atoms with Gasteiger partial charge in [-0.25, -0.2) is 4.98 Å². The number of rotatable bonds is 9. The van der Waals surface area contributed by atoms with Gasteiger partial charge in [0.05, 0.1) is 27.8 Å². The third-order valence-corrected chi connectivity index (χ3v) is 13.2. The number of hydrogen-bond acceptors (Lipinski definition) is 3. The fraction of sp³-hybridized carbons (Fsp3) is 0.250. The first kappa shape index (κ1) is 43.9. The van der Waals surface area contributed by atoms with Gasteiger partial charge in [0.1, 0.15) is 11.6 Å². The van der Waals surface area contributed by atoms with E-state index in [0.29, 0.717) is 28.2 Å². The van der Waals surface area contributed by atoms with Crippen LogP contribution in [0.15, 0.2) is 152 Å². The molecule has 9 aromatic rings. The zero-order valence-electron chi connectivity index (χ0n) is 45.9. The van der Waals surface area contributed by atoms with Gasteiger partial charge in [-0.1, -0.05) is 189 Å². The summed E-state index contributed by atoms with van der Waals surface area (Å²) in [5.41, 5.74) is 16.9. The van der Waals surface area contributed by atoms with Crippen LogP contribution in [0.3, 0.4) is 0 Å². The Kier molecular flexibility index (Phi) is 12.2. The Bertz CT molecular complexity index is 3550. The largest absolute Gasteiger partial charge is 0.507 e. The minimum Gasteiger partial charge on any atom is -0.507 e. The summed E-state index contributed by atoms with van der Waals surface area (Å²) in [6.45, 7) is 25.7. The SMILES string of the molecule is [2H]c1c([2H])c(-c2ccnc(-c3[c-]c(-c4cccc5c4nc(-c4cc(C(C)C)cc(C(C)C)c4O)n5-c4ccc(-c5c(-c6ccccc6)cccc5C(C)(C)C)cc4C)cc(C(C)(C)C)c3)c2)c([2H])c([2H])c1C.[Pt]. The van der Waals surface area contributed by atoms with Crippen LogP contribution in [-0.4, -0.2) is 19.6 Å².